The number of sulfonamides is 1. The summed E-state index contributed by atoms with van der Waals surface area (Å²) < 4.78 is 97.0. The Morgan fingerprint density at radius 1 is 0.976 bits per heavy atom. The molecule has 15 heteroatoms. The van der Waals surface area contributed by atoms with Gasteiger partial charge in [0.25, 0.3) is 10.0 Å². The number of nitrogens with one attached hydrogen (secondary N) is 2. The number of hydrogen-bond donors (Lipinski definition) is 2. The number of alkyl halides is 3. The predicted octanol–water partition coefficient (Wildman–Crippen LogP) is 6.14. The molecule has 2 N–H and O–H groups in total. The maximum atomic E-state index is 14.4. The van der Waals surface area contributed by atoms with Gasteiger partial charge in [-0.05, 0) is 60.9 Å². The summed E-state index contributed by atoms with van der Waals surface area (Å²) in [7, 11) is -4.54. The second-order valence-corrected chi connectivity index (χ2v) is 11.8. The predicted molar refractivity (Wildman–Crippen MR) is 142 cm³/mol. The fourth-order valence-corrected chi connectivity index (χ4v) is 6.44. The van der Waals surface area contributed by atoms with Crippen LogP contribution in [0.2, 0.25) is 5.02 Å². The van der Waals surface area contributed by atoms with Gasteiger partial charge in [0.1, 0.15) is 5.69 Å². The smallest absolute Gasteiger partial charge is 0.324 e. The monoisotopic (exact) mass is 611 g/mol. The van der Waals surface area contributed by atoms with Gasteiger partial charge in [0.2, 0.25) is 11.9 Å². The van der Waals surface area contributed by atoms with E-state index in [0.717, 1.165) is 24.3 Å². The summed E-state index contributed by atoms with van der Waals surface area (Å²) in [5, 5.41) is -0.254. The summed E-state index contributed by atoms with van der Waals surface area (Å²) in [4.78, 5) is 22.9. The molecule has 0 bridgehead atoms. The highest BCUT2D eigenvalue weighted by Crippen LogP contribution is 2.45. The van der Waals surface area contributed by atoms with Crippen molar-refractivity contribution in [2.75, 3.05) is 27.6 Å². The minimum absolute atomic E-state index is 0.150. The lowest BCUT2D eigenvalue weighted by atomic mass is 10.1. The van der Waals surface area contributed by atoms with Gasteiger partial charge in [-0.25, -0.2) is 22.2 Å². The van der Waals surface area contributed by atoms with Crippen molar-refractivity contribution >= 4 is 61.6 Å². The average Bonchev–Trinajstić information content (AvgIpc) is 3.62. The number of H-pyrrole nitrogens is 1. The normalized spacial score (nSPS) is 15.7. The molecule has 1 saturated heterocycles. The molecule has 0 saturated carbocycles. The lowest BCUT2D eigenvalue weighted by molar-refractivity contribution is -0.137. The summed E-state index contributed by atoms with van der Waals surface area (Å²) >= 11 is 5.64. The van der Waals surface area contributed by atoms with Crippen LogP contribution in [0, 0.1) is 11.6 Å². The first-order valence-corrected chi connectivity index (χ1v) is 14.2. The van der Waals surface area contributed by atoms with Gasteiger partial charge in [-0.3, -0.25) is 9.52 Å². The number of rotatable bonds is 5. The molecule has 0 aliphatic carbocycles. The number of aromatic amines is 1. The number of benzene rings is 3. The molecule has 0 spiro atoms. The number of anilines is 4. The van der Waals surface area contributed by atoms with Crippen molar-refractivity contribution in [3.63, 3.8) is 0 Å². The molecule has 4 aromatic rings. The molecule has 1 amide bonds. The van der Waals surface area contributed by atoms with Crippen LogP contribution in [0.4, 0.5) is 45.0 Å². The van der Waals surface area contributed by atoms with Crippen molar-refractivity contribution in [1.82, 2.24) is 9.97 Å². The Hall–Kier alpha value is -3.91. The SMILES string of the molecule is O=C1CCCN1c1cc(S(=O)(=O)Nc2c(F)cc(Cl)cc2F)cc2c1N(c1nc3ccc(C(F)(F)F)cc3[nH]1)CC2. The minimum atomic E-state index is -4.54. The van der Waals surface area contributed by atoms with E-state index < -0.39 is 39.1 Å². The van der Waals surface area contributed by atoms with Gasteiger partial charge in [0.15, 0.2) is 11.6 Å². The van der Waals surface area contributed by atoms with Crippen molar-refractivity contribution < 1.29 is 35.2 Å². The van der Waals surface area contributed by atoms with Gasteiger partial charge in [-0.2, -0.15) is 13.2 Å². The number of nitrogens with zero attached hydrogens (tertiary/aromatic N) is 3. The zero-order valence-electron chi connectivity index (χ0n) is 20.8. The lowest BCUT2D eigenvalue weighted by Crippen LogP contribution is -2.27. The Bertz CT molecular complexity index is 1820. The van der Waals surface area contributed by atoms with E-state index in [0.29, 0.717) is 30.6 Å². The Labute approximate surface area is 234 Å². The van der Waals surface area contributed by atoms with Crippen molar-refractivity contribution in [2.24, 2.45) is 0 Å². The third-order valence-corrected chi connectivity index (χ3v) is 8.53. The highest BCUT2D eigenvalue weighted by molar-refractivity contribution is 7.92. The quantitative estimate of drug-likeness (QED) is 0.265. The third-order valence-electron chi connectivity index (χ3n) is 6.99. The molecule has 3 aromatic carbocycles. The summed E-state index contributed by atoms with van der Waals surface area (Å²) in [6, 6.07) is 7.22. The molecular weight excluding hydrogens is 593 g/mol. The number of carbonyl (C=O) groups excluding carboxylic acids is 1. The topological polar surface area (TPSA) is 98.4 Å². The van der Waals surface area contributed by atoms with Gasteiger partial charge in [0.05, 0.1) is 32.9 Å². The number of carbonyl (C=O) groups is 1. The van der Waals surface area contributed by atoms with E-state index in [1.165, 1.54) is 23.1 Å². The number of halogens is 6. The summed E-state index contributed by atoms with van der Waals surface area (Å²) in [5.74, 6) is -2.46. The first-order chi connectivity index (χ1) is 19.3. The zero-order valence-corrected chi connectivity index (χ0v) is 22.4. The van der Waals surface area contributed by atoms with Crippen molar-refractivity contribution in [3.8, 4) is 0 Å². The van der Waals surface area contributed by atoms with Crippen LogP contribution in [0.25, 0.3) is 11.0 Å². The average molecular weight is 612 g/mol. The summed E-state index contributed by atoms with van der Waals surface area (Å²) in [6.07, 6.45) is -3.50. The van der Waals surface area contributed by atoms with E-state index in [9.17, 15) is 35.2 Å². The Morgan fingerprint density at radius 3 is 2.37 bits per heavy atom. The second-order valence-electron chi connectivity index (χ2n) is 9.64. The van der Waals surface area contributed by atoms with E-state index in [2.05, 4.69) is 9.97 Å². The number of hydrogen-bond acceptors (Lipinski definition) is 5. The molecule has 41 heavy (non-hydrogen) atoms. The molecule has 3 heterocycles. The van der Waals surface area contributed by atoms with Crippen LogP contribution < -0.4 is 14.5 Å². The fourth-order valence-electron chi connectivity index (χ4n) is 5.10. The van der Waals surface area contributed by atoms with Crippen LogP contribution in [0.1, 0.15) is 24.0 Å². The molecule has 2 aliphatic heterocycles. The largest absolute Gasteiger partial charge is 0.416 e. The van der Waals surface area contributed by atoms with Crippen molar-refractivity contribution in [3.05, 3.63) is 70.2 Å². The Morgan fingerprint density at radius 2 is 1.71 bits per heavy atom. The Kier molecular flexibility index (Phi) is 6.37. The van der Waals surface area contributed by atoms with E-state index in [4.69, 9.17) is 11.6 Å². The summed E-state index contributed by atoms with van der Waals surface area (Å²) in [5.41, 5.74) is -0.129. The molecule has 1 aromatic heterocycles. The van der Waals surface area contributed by atoms with Crippen LogP contribution in [0.5, 0.6) is 0 Å². The van der Waals surface area contributed by atoms with Gasteiger partial charge in [-0.1, -0.05) is 11.6 Å². The molecule has 0 atom stereocenters. The van der Waals surface area contributed by atoms with E-state index in [-0.39, 0.29) is 51.5 Å². The first kappa shape index (κ1) is 27.3. The molecule has 8 nitrogen and oxygen atoms in total. The van der Waals surface area contributed by atoms with Gasteiger partial charge in [-0.15, -0.1) is 0 Å². The molecule has 2 aliphatic rings. The molecule has 0 unspecified atom stereocenters. The van der Waals surface area contributed by atoms with E-state index in [1.807, 2.05) is 4.72 Å². The van der Waals surface area contributed by atoms with Crippen LogP contribution in [0.15, 0.2) is 47.4 Å². The number of fused-ring (bicyclic) bond motifs is 2. The van der Waals surface area contributed by atoms with E-state index >= 15 is 0 Å². The maximum Gasteiger partial charge on any atom is 0.416 e. The third kappa shape index (κ3) is 4.84. The van der Waals surface area contributed by atoms with E-state index in [1.54, 1.807) is 4.90 Å². The lowest BCUT2D eigenvalue weighted by Gasteiger charge is -2.25. The van der Waals surface area contributed by atoms with Crippen molar-refractivity contribution in [1.29, 1.82) is 0 Å². The second kappa shape index (κ2) is 9.58. The molecule has 1 fully saturated rings. The first-order valence-electron chi connectivity index (χ1n) is 12.3. The fraction of sp³-hybridized carbons (Fsp3) is 0.231. The van der Waals surface area contributed by atoms with Crippen molar-refractivity contribution in [2.45, 2.75) is 30.3 Å². The number of imidazole rings is 1. The standard InChI is InChI=1S/C26H19ClF5N5O3S/c27-15-10-17(28)23(18(29)11-15)35-41(39,40)16-8-13-5-7-37(24(13)21(12-16)36-6-1-2-22(36)38)25-33-19-4-3-14(26(30,31)32)9-20(19)34-25/h3-4,8-12,35H,1-2,5-7H2,(H,33,34). The highest BCUT2D eigenvalue weighted by atomic mass is 35.5. The zero-order chi connectivity index (χ0) is 29.3. The molecule has 6 rings (SSSR count). The number of aromatic nitrogens is 2. The summed E-state index contributed by atoms with van der Waals surface area (Å²) in [6.45, 7) is 0.569. The van der Waals surface area contributed by atoms with Gasteiger partial charge >= 0.3 is 6.18 Å². The minimum Gasteiger partial charge on any atom is -0.324 e. The van der Waals surface area contributed by atoms with Gasteiger partial charge < -0.3 is 14.8 Å². The van der Waals surface area contributed by atoms with Crippen LogP contribution in [-0.2, 0) is 27.4 Å². The van der Waals surface area contributed by atoms with Gasteiger partial charge in [0, 0.05) is 24.5 Å². The highest BCUT2D eigenvalue weighted by Gasteiger charge is 2.35. The Balaban J connectivity index is 1.45. The number of amides is 1. The van der Waals surface area contributed by atoms with Crippen LogP contribution in [-0.4, -0.2) is 37.4 Å². The molecule has 0 radical (unpaired) electrons. The molecular formula is C26H19ClF5N5O3S. The van der Waals surface area contributed by atoms with Crippen LogP contribution >= 0.6 is 11.6 Å². The van der Waals surface area contributed by atoms with Crippen LogP contribution in [0.3, 0.4) is 0 Å². The maximum absolute atomic E-state index is 14.4. The molecule has 214 valence electrons.